The number of nitrogens with zero attached hydrogens (tertiary/aromatic N) is 3. The number of halogens is 3. The summed E-state index contributed by atoms with van der Waals surface area (Å²) in [6, 6.07) is 0.891. The van der Waals surface area contributed by atoms with Gasteiger partial charge >= 0.3 is 6.09 Å². The van der Waals surface area contributed by atoms with Crippen LogP contribution in [0.3, 0.4) is 0 Å². The van der Waals surface area contributed by atoms with Crippen LogP contribution >= 0.6 is 23.2 Å². The summed E-state index contributed by atoms with van der Waals surface area (Å²) < 4.78 is 19.0. The lowest BCUT2D eigenvalue weighted by atomic mass is 10.0. The van der Waals surface area contributed by atoms with Crippen molar-refractivity contribution in [2.24, 2.45) is 0 Å². The van der Waals surface area contributed by atoms with Crippen molar-refractivity contribution in [3.05, 3.63) is 27.8 Å². The highest BCUT2D eigenvalue weighted by molar-refractivity contribution is 6.34. The number of piperidine rings is 1. The molecule has 1 fully saturated rings. The molecule has 0 aromatic carbocycles. The minimum absolute atomic E-state index is 0.0364. The van der Waals surface area contributed by atoms with E-state index >= 15 is 0 Å². The van der Waals surface area contributed by atoms with Gasteiger partial charge in [0.1, 0.15) is 10.8 Å². The van der Waals surface area contributed by atoms with Gasteiger partial charge in [-0.3, -0.25) is 4.79 Å². The Bertz CT molecular complexity index is 701. The molecule has 0 unspecified atom stereocenters. The summed E-state index contributed by atoms with van der Waals surface area (Å²) in [6.45, 7) is 6.38. The SMILES string of the molecule is CN(C(=O)c1cc(F)c(Cl)nc1Cl)C1CCN(C(=O)OC(C)(C)C)CC1. The van der Waals surface area contributed by atoms with Crippen LogP contribution in [-0.4, -0.2) is 58.6 Å². The molecule has 0 atom stereocenters. The third-order valence-corrected chi connectivity index (χ3v) is 4.65. The summed E-state index contributed by atoms with van der Waals surface area (Å²) in [5.74, 6) is -1.23. The zero-order valence-electron chi connectivity index (χ0n) is 15.2. The van der Waals surface area contributed by atoms with Gasteiger partial charge in [0, 0.05) is 26.2 Å². The summed E-state index contributed by atoms with van der Waals surface area (Å²) in [4.78, 5) is 31.5. The second-order valence-corrected chi connectivity index (χ2v) is 7.93. The van der Waals surface area contributed by atoms with Crippen molar-refractivity contribution in [1.29, 1.82) is 0 Å². The number of carbonyl (C=O) groups excluding carboxylic acids is 2. The van der Waals surface area contributed by atoms with E-state index in [1.165, 1.54) is 4.90 Å². The smallest absolute Gasteiger partial charge is 0.410 e. The first-order chi connectivity index (χ1) is 12.0. The van der Waals surface area contributed by atoms with E-state index < -0.39 is 17.3 Å². The van der Waals surface area contributed by atoms with Crippen LogP contribution in [0.5, 0.6) is 0 Å². The van der Waals surface area contributed by atoms with Gasteiger partial charge < -0.3 is 14.5 Å². The minimum Gasteiger partial charge on any atom is -0.444 e. The number of hydrogen-bond donors (Lipinski definition) is 0. The number of likely N-dealkylation sites (tertiary alicyclic amines) is 1. The third-order valence-electron chi connectivity index (χ3n) is 4.10. The summed E-state index contributed by atoms with van der Waals surface area (Å²) >= 11 is 11.5. The maximum Gasteiger partial charge on any atom is 0.410 e. The van der Waals surface area contributed by atoms with Crippen molar-refractivity contribution in [3.8, 4) is 0 Å². The predicted molar refractivity (Wildman–Crippen MR) is 97.1 cm³/mol. The van der Waals surface area contributed by atoms with Crippen LogP contribution < -0.4 is 0 Å². The fraction of sp³-hybridized carbons (Fsp3) is 0.588. The molecule has 6 nitrogen and oxygen atoms in total. The molecule has 0 saturated carbocycles. The minimum atomic E-state index is -0.799. The second kappa shape index (κ2) is 7.96. The molecule has 2 heterocycles. The maximum atomic E-state index is 13.6. The number of amides is 2. The van der Waals surface area contributed by atoms with Crippen molar-refractivity contribution in [2.45, 2.75) is 45.3 Å². The van der Waals surface area contributed by atoms with E-state index in [2.05, 4.69) is 4.98 Å². The number of aromatic nitrogens is 1. The number of hydrogen-bond acceptors (Lipinski definition) is 4. The highest BCUT2D eigenvalue weighted by Crippen LogP contribution is 2.24. The predicted octanol–water partition coefficient (Wildman–Crippen LogP) is 4.00. The maximum absolute atomic E-state index is 13.6. The van der Waals surface area contributed by atoms with Crippen LogP contribution in [0, 0.1) is 5.82 Å². The Labute approximate surface area is 162 Å². The molecule has 0 N–H and O–H groups in total. The average Bonchev–Trinajstić information content (AvgIpc) is 2.55. The van der Waals surface area contributed by atoms with Crippen LogP contribution in [0.25, 0.3) is 0 Å². The summed E-state index contributed by atoms with van der Waals surface area (Å²) in [6.07, 6.45) is 0.808. The number of ether oxygens (including phenoxy) is 1. The molecular weight excluding hydrogens is 384 g/mol. The zero-order chi connectivity index (χ0) is 19.6. The van der Waals surface area contributed by atoms with Gasteiger partial charge in [-0.05, 0) is 39.7 Å². The molecule has 0 bridgehead atoms. The Morgan fingerprint density at radius 3 is 2.38 bits per heavy atom. The first-order valence-corrected chi connectivity index (χ1v) is 9.02. The first kappa shape index (κ1) is 20.7. The van der Waals surface area contributed by atoms with Gasteiger partial charge in [-0.2, -0.15) is 0 Å². The molecule has 1 aliphatic heterocycles. The summed E-state index contributed by atoms with van der Waals surface area (Å²) in [5.41, 5.74) is -0.589. The monoisotopic (exact) mass is 405 g/mol. The molecule has 1 saturated heterocycles. The fourth-order valence-electron chi connectivity index (χ4n) is 2.71. The van der Waals surface area contributed by atoms with E-state index in [1.807, 2.05) is 20.8 Å². The Balaban J connectivity index is 2.00. The van der Waals surface area contributed by atoms with E-state index in [0.717, 1.165) is 6.07 Å². The van der Waals surface area contributed by atoms with Crippen LogP contribution in [0.2, 0.25) is 10.3 Å². The van der Waals surface area contributed by atoms with Crippen molar-refractivity contribution in [3.63, 3.8) is 0 Å². The molecule has 1 aromatic rings. The molecule has 9 heteroatoms. The fourth-order valence-corrected chi connectivity index (χ4v) is 3.12. The van der Waals surface area contributed by atoms with Gasteiger partial charge in [-0.1, -0.05) is 23.2 Å². The number of carbonyl (C=O) groups is 2. The topological polar surface area (TPSA) is 62.7 Å². The van der Waals surface area contributed by atoms with Gasteiger partial charge in [0.05, 0.1) is 5.56 Å². The van der Waals surface area contributed by atoms with Gasteiger partial charge in [0.15, 0.2) is 11.0 Å². The van der Waals surface area contributed by atoms with Gasteiger partial charge in [0.25, 0.3) is 5.91 Å². The van der Waals surface area contributed by atoms with E-state index in [9.17, 15) is 14.0 Å². The van der Waals surface area contributed by atoms with Gasteiger partial charge in [0.2, 0.25) is 0 Å². The molecule has 0 spiro atoms. The quantitative estimate of drug-likeness (QED) is 0.697. The van der Waals surface area contributed by atoms with Crippen molar-refractivity contribution in [1.82, 2.24) is 14.8 Å². The standard InChI is InChI=1S/C17H22Cl2FN3O3/c1-17(2,3)26-16(25)23-7-5-10(6-8-23)22(4)15(24)11-9-12(20)14(19)21-13(11)18/h9-10H,5-8H2,1-4H3. The molecule has 1 aromatic heterocycles. The number of pyridine rings is 1. The third kappa shape index (κ3) is 4.98. The van der Waals surface area contributed by atoms with Crippen molar-refractivity contribution in [2.75, 3.05) is 20.1 Å². The van der Waals surface area contributed by atoms with E-state index in [4.69, 9.17) is 27.9 Å². The first-order valence-electron chi connectivity index (χ1n) is 8.26. The molecule has 0 aliphatic carbocycles. The highest BCUT2D eigenvalue weighted by atomic mass is 35.5. The highest BCUT2D eigenvalue weighted by Gasteiger charge is 2.31. The summed E-state index contributed by atoms with van der Waals surface area (Å²) in [7, 11) is 1.62. The Hall–Kier alpha value is -1.60. The van der Waals surface area contributed by atoms with Gasteiger partial charge in [-0.15, -0.1) is 0 Å². The lowest BCUT2D eigenvalue weighted by Crippen LogP contribution is -2.48. The molecule has 0 radical (unpaired) electrons. The molecule has 2 rings (SSSR count). The van der Waals surface area contributed by atoms with Crippen LogP contribution in [0.15, 0.2) is 6.07 Å². The van der Waals surface area contributed by atoms with E-state index in [0.29, 0.717) is 25.9 Å². The normalized spacial score (nSPS) is 15.7. The second-order valence-electron chi connectivity index (χ2n) is 7.21. The zero-order valence-corrected chi connectivity index (χ0v) is 16.7. The molecule has 144 valence electrons. The van der Waals surface area contributed by atoms with Crippen LogP contribution in [-0.2, 0) is 4.74 Å². The van der Waals surface area contributed by atoms with Crippen molar-refractivity contribution >= 4 is 35.2 Å². The molecular formula is C17H22Cl2FN3O3. The molecule has 26 heavy (non-hydrogen) atoms. The van der Waals surface area contributed by atoms with E-state index in [-0.39, 0.29) is 28.0 Å². The van der Waals surface area contributed by atoms with Crippen LogP contribution in [0.1, 0.15) is 44.0 Å². The lowest BCUT2D eigenvalue weighted by Gasteiger charge is -2.37. The lowest BCUT2D eigenvalue weighted by molar-refractivity contribution is 0.0160. The number of rotatable bonds is 2. The van der Waals surface area contributed by atoms with Crippen molar-refractivity contribution < 1.29 is 18.7 Å². The Kier molecular flexibility index (Phi) is 6.34. The Morgan fingerprint density at radius 2 is 1.85 bits per heavy atom. The Morgan fingerprint density at radius 1 is 1.27 bits per heavy atom. The summed E-state index contributed by atoms with van der Waals surface area (Å²) in [5, 5.41) is -0.515. The average molecular weight is 406 g/mol. The largest absolute Gasteiger partial charge is 0.444 e. The van der Waals surface area contributed by atoms with E-state index in [1.54, 1.807) is 11.9 Å². The van der Waals surface area contributed by atoms with Gasteiger partial charge in [-0.25, -0.2) is 14.2 Å². The van der Waals surface area contributed by atoms with Crippen LogP contribution in [0.4, 0.5) is 9.18 Å². The molecule has 2 amide bonds. The molecule has 1 aliphatic rings.